The lowest BCUT2D eigenvalue weighted by Gasteiger charge is -2.16. The van der Waals surface area contributed by atoms with Crippen LogP contribution in [0.15, 0.2) is 34.8 Å². The largest absolute Gasteiger partial charge is 0.493 e. The molecule has 8 heteroatoms. The van der Waals surface area contributed by atoms with E-state index in [0.29, 0.717) is 35.1 Å². The number of ether oxygens (including phenoxy) is 2. The standard InChI is InChI=1S/C22H25BrClFN2O3/c1-29-20-10-16(13-26-7-3-9-27-8-2-4-22(27)28)18(23)12-21(20)30-14-15-5-6-17(25)11-19(15)24/h5-6,10-12,26H,2-4,7-9,13-14H2,1H3. The maximum atomic E-state index is 13.2. The summed E-state index contributed by atoms with van der Waals surface area (Å²) in [4.78, 5) is 13.6. The fraction of sp³-hybridized carbons (Fsp3) is 0.409. The summed E-state index contributed by atoms with van der Waals surface area (Å²) >= 11 is 9.66. The number of benzene rings is 2. The number of likely N-dealkylation sites (tertiary alicyclic amines) is 1. The van der Waals surface area contributed by atoms with Crippen LogP contribution in [0.5, 0.6) is 11.5 Å². The van der Waals surface area contributed by atoms with Crippen molar-refractivity contribution in [3.8, 4) is 11.5 Å². The Hall–Kier alpha value is -1.83. The molecule has 2 aromatic rings. The van der Waals surface area contributed by atoms with Gasteiger partial charge in [0.15, 0.2) is 11.5 Å². The van der Waals surface area contributed by atoms with E-state index in [1.807, 2.05) is 17.0 Å². The minimum atomic E-state index is -0.382. The lowest BCUT2D eigenvalue weighted by atomic mass is 10.2. The van der Waals surface area contributed by atoms with E-state index in [1.165, 1.54) is 12.1 Å². The molecule has 1 N–H and O–H groups in total. The Morgan fingerprint density at radius 2 is 2.07 bits per heavy atom. The smallest absolute Gasteiger partial charge is 0.222 e. The molecule has 0 atom stereocenters. The van der Waals surface area contributed by atoms with E-state index in [9.17, 15) is 9.18 Å². The van der Waals surface area contributed by atoms with Gasteiger partial charge in [-0.25, -0.2) is 4.39 Å². The number of nitrogens with one attached hydrogen (secondary N) is 1. The van der Waals surface area contributed by atoms with Gasteiger partial charge in [-0.3, -0.25) is 4.79 Å². The molecule has 0 unspecified atom stereocenters. The van der Waals surface area contributed by atoms with Crippen LogP contribution in [-0.4, -0.2) is 37.6 Å². The summed E-state index contributed by atoms with van der Waals surface area (Å²) in [6, 6.07) is 8.00. The van der Waals surface area contributed by atoms with Gasteiger partial charge in [0.05, 0.1) is 12.1 Å². The number of carbonyl (C=O) groups is 1. The van der Waals surface area contributed by atoms with E-state index in [-0.39, 0.29) is 18.3 Å². The Labute approximate surface area is 189 Å². The highest BCUT2D eigenvalue weighted by Gasteiger charge is 2.19. The van der Waals surface area contributed by atoms with E-state index in [4.69, 9.17) is 21.1 Å². The summed E-state index contributed by atoms with van der Waals surface area (Å²) in [5, 5.41) is 3.73. The normalized spacial score (nSPS) is 13.7. The molecule has 1 aliphatic heterocycles. The summed E-state index contributed by atoms with van der Waals surface area (Å²) in [5.41, 5.74) is 1.73. The number of methoxy groups -OCH3 is 1. The summed E-state index contributed by atoms with van der Waals surface area (Å²) < 4.78 is 25.4. The zero-order valence-electron chi connectivity index (χ0n) is 16.8. The first-order valence-corrected chi connectivity index (χ1v) is 11.1. The second kappa shape index (κ2) is 11.0. The predicted octanol–water partition coefficient (Wildman–Crippen LogP) is 4.93. The Bertz CT molecular complexity index is 897. The number of hydrogen-bond acceptors (Lipinski definition) is 4. The predicted molar refractivity (Wildman–Crippen MR) is 119 cm³/mol. The molecular weight excluding hydrogens is 475 g/mol. The summed E-state index contributed by atoms with van der Waals surface area (Å²) in [6.45, 7) is 3.37. The van der Waals surface area contributed by atoms with Crippen LogP contribution in [0.4, 0.5) is 4.39 Å². The third-order valence-electron chi connectivity index (χ3n) is 5.00. The number of carbonyl (C=O) groups excluding carboxylic acids is 1. The number of nitrogens with zero attached hydrogens (tertiary/aromatic N) is 1. The molecule has 3 rings (SSSR count). The fourth-order valence-corrected chi connectivity index (χ4v) is 4.02. The van der Waals surface area contributed by atoms with E-state index in [2.05, 4.69) is 21.2 Å². The minimum Gasteiger partial charge on any atom is -0.493 e. The van der Waals surface area contributed by atoms with Gasteiger partial charge in [-0.1, -0.05) is 33.6 Å². The number of rotatable bonds is 10. The van der Waals surface area contributed by atoms with Crippen molar-refractivity contribution in [2.45, 2.75) is 32.4 Å². The van der Waals surface area contributed by atoms with Crippen molar-refractivity contribution >= 4 is 33.4 Å². The first-order valence-electron chi connectivity index (χ1n) is 9.89. The second-order valence-electron chi connectivity index (χ2n) is 7.13. The molecule has 162 valence electrons. The van der Waals surface area contributed by atoms with Crippen molar-refractivity contribution in [3.63, 3.8) is 0 Å². The Kier molecular flexibility index (Phi) is 8.36. The molecule has 30 heavy (non-hydrogen) atoms. The van der Waals surface area contributed by atoms with Crippen LogP contribution >= 0.6 is 27.5 Å². The molecule has 0 aromatic heterocycles. The highest BCUT2D eigenvalue weighted by molar-refractivity contribution is 9.10. The molecule has 1 aliphatic rings. The van der Waals surface area contributed by atoms with Gasteiger partial charge in [0, 0.05) is 36.1 Å². The van der Waals surface area contributed by atoms with Crippen molar-refractivity contribution in [2.24, 2.45) is 0 Å². The molecule has 0 saturated carbocycles. The molecule has 1 heterocycles. The Morgan fingerprint density at radius 3 is 2.77 bits per heavy atom. The minimum absolute atomic E-state index is 0.203. The zero-order chi connectivity index (χ0) is 21.5. The zero-order valence-corrected chi connectivity index (χ0v) is 19.2. The van der Waals surface area contributed by atoms with Crippen LogP contribution in [-0.2, 0) is 17.9 Å². The van der Waals surface area contributed by atoms with E-state index >= 15 is 0 Å². The second-order valence-corrected chi connectivity index (χ2v) is 8.40. The quantitative estimate of drug-likeness (QED) is 0.471. The Morgan fingerprint density at radius 1 is 1.23 bits per heavy atom. The van der Waals surface area contributed by atoms with Gasteiger partial charge in [-0.15, -0.1) is 0 Å². The third-order valence-corrected chi connectivity index (χ3v) is 6.09. The SMILES string of the molecule is COc1cc(CNCCCN2CCCC2=O)c(Br)cc1OCc1ccc(F)cc1Cl. The average molecular weight is 500 g/mol. The van der Waals surface area contributed by atoms with Gasteiger partial charge in [0.1, 0.15) is 12.4 Å². The topological polar surface area (TPSA) is 50.8 Å². The molecule has 2 aromatic carbocycles. The average Bonchev–Trinajstić information content (AvgIpc) is 3.13. The number of hydrogen-bond donors (Lipinski definition) is 1. The molecule has 1 amide bonds. The lowest BCUT2D eigenvalue weighted by molar-refractivity contribution is -0.127. The molecular formula is C22H25BrClFN2O3. The van der Waals surface area contributed by atoms with Crippen molar-refractivity contribution in [1.29, 1.82) is 0 Å². The van der Waals surface area contributed by atoms with E-state index in [1.54, 1.807) is 13.2 Å². The van der Waals surface area contributed by atoms with Gasteiger partial charge in [-0.2, -0.15) is 0 Å². The number of halogens is 3. The van der Waals surface area contributed by atoms with Crippen LogP contribution in [0.2, 0.25) is 5.02 Å². The van der Waals surface area contributed by atoms with Crippen molar-refractivity contribution in [2.75, 3.05) is 26.7 Å². The highest BCUT2D eigenvalue weighted by Crippen LogP contribution is 2.34. The van der Waals surface area contributed by atoms with Crippen LogP contribution in [0, 0.1) is 5.82 Å². The Balaban J connectivity index is 1.53. The van der Waals surface area contributed by atoms with Gasteiger partial charge in [0.2, 0.25) is 5.91 Å². The highest BCUT2D eigenvalue weighted by atomic mass is 79.9. The monoisotopic (exact) mass is 498 g/mol. The van der Waals surface area contributed by atoms with Gasteiger partial charge in [-0.05, 0) is 49.2 Å². The molecule has 0 aliphatic carbocycles. The van der Waals surface area contributed by atoms with Crippen LogP contribution in [0.3, 0.4) is 0 Å². The summed E-state index contributed by atoms with van der Waals surface area (Å²) in [6.07, 6.45) is 2.57. The molecule has 0 bridgehead atoms. The third kappa shape index (κ3) is 6.09. The lowest BCUT2D eigenvalue weighted by Crippen LogP contribution is -2.28. The molecule has 1 fully saturated rings. The van der Waals surface area contributed by atoms with E-state index in [0.717, 1.165) is 42.5 Å². The molecule has 0 radical (unpaired) electrons. The summed E-state index contributed by atoms with van der Waals surface area (Å²) in [7, 11) is 1.59. The van der Waals surface area contributed by atoms with Crippen molar-refractivity contribution in [1.82, 2.24) is 10.2 Å². The van der Waals surface area contributed by atoms with Crippen molar-refractivity contribution < 1.29 is 18.7 Å². The fourth-order valence-electron chi connectivity index (χ4n) is 3.34. The number of amides is 1. The first-order chi connectivity index (χ1) is 14.5. The van der Waals surface area contributed by atoms with Gasteiger partial charge < -0.3 is 19.7 Å². The molecule has 1 saturated heterocycles. The van der Waals surface area contributed by atoms with Crippen LogP contribution < -0.4 is 14.8 Å². The van der Waals surface area contributed by atoms with Crippen molar-refractivity contribution in [3.05, 3.63) is 56.8 Å². The maximum absolute atomic E-state index is 13.2. The van der Waals surface area contributed by atoms with Crippen LogP contribution in [0.1, 0.15) is 30.4 Å². The molecule has 5 nitrogen and oxygen atoms in total. The van der Waals surface area contributed by atoms with Gasteiger partial charge in [0.25, 0.3) is 0 Å². The van der Waals surface area contributed by atoms with Gasteiger partial charge >= 0.3 is 0 Å². The summed E-state index contributed by atoms with van der Waals surface area (Å²) in [5.74, 6) is 1.06. The first kappa shape index (κ1) is 22.8. The van der Waals surface area contributed by atoms with Crippen LogP contribution in [0.25, 0.3) is 0 Å². The maximum Gasteiger partial charge on any atom is 0.222 e. The van der Waals surface area contributed by atoms with E-state index < -0.39 is 0 Å². The molecule has 0 spiro atoms.